The molecule has 1 heterocycles. The predicted molar refractivity (Wildman–Crippen MR) is 75.3 cm³/mol. The molecule has 0 saturated carbocycles. The standard InChI is InChI=1S/C12H14N4O3S/c1-18-8-3-4-10(19-2)9(5-8)15-11(17)6-20-12-13-7-14-16-12/h3-5,7H,6H2,1-2H3,(H,15,17)(H,13,14,16). The summed E-state index contributed by atoms with van der Waals surface area (Å²) in [4.78, 5) is 15.8. The Morgan fingerprint density at radius 1 is 1.40 bits per heavy atom. The molecule has 20 heavy (non-hydrogen) atoms. The Labute approximate surface area is 120 Å². The fourth-order valence-electron chi connectivity index (χ4n) is 1.50. The molecule has 0 aliphatic heterocycles. The number of H-pyrrole nitrogens is 1. The van der Waals surface area contributed by atoms with Crippen LogP contribution in [0.4, 0.5) is 5.69 Å². The highest BCUT2D eigenvalue weighted by Crippen LogP contribution is 2.29. The third-order valence-corrected chi connectivity index (χ3v) is 3.29. The van der Waals surface area contributed by atoms with E-state index in [9.17, 15) is 4.79 Å². The smallest absolute Gasteiger partial charge is 0.234 e. The Balaban J connectivity index is 1.99. The number of rotatable bonds is 6. The number of benzene rings is 1. The molecule has 0 aliphatic rings. The van der Waals surface area contributed by atoms with Crippen LogP contribution in [-0.4, -0.2) is 41.1 Å². The van der Waals surface area contributed by atoms with Crippen LogP contribution >= 0.6 is 11.8 Å². The summed E-state index contributed by atoms with van der Waals surface area (Å²) in [5, 5.41) is 9.75. The first-order valence-electron chi connectivity index (χ1n) is 5.73. The number of amides is 1. The Bertz CT molecular complexity index is 574. The Kier molecular flexibility index (Phi) is 4.83. The minimum absolute atomic E-state index is 0.169. The SMILES string of the molecule is COc1ccc(OC)c(NC(=O)CSc2ncn[nH]2)c1. The quantitative estimate of drug-likeness (QED) is 0.786. The zero-order valence-corrected chi connectivity index (χ0v) is 11.9. The van der Waals surface area contributed by atoms with Gasteiger partial charge in [0, 0.05) is 6.07 Å². The van der Waals surface area contributed by atoms with Crippen molar-refractivity contribution in [2.75, 3.05) is 25.3 Å². The van der Waals surface area contributed by atoms with E-state index in [1.54, 1.807) is 32.4 Å². The molecule has 0 saturated heterocycles. The second kappa shape index (κ2) is 6.80. The summed E-state index contributed by atoms with van der Waals surface area (Å²) < 4.78 is 10.3. The number of nitrogens with one attached hydrogen (secondary N) is 2. The first-order valence-corrected chi connectivity index (χ1v) is 6.71. The fraction of sp³-hybridized carbons (Fsp3) is 0.250. The first-order chi connectivity index (χ1) is 9.72. The van der Waals surface area contributed by atoms with Gasteiger partial charge in [0.2, 0.25) is 5.91 Å². The van der Waals surface area contributed by atoms with Crippen LogP contribution < -0.4 is 14.8 Å². The molecule has 0 unspecified atom stereocenters. The maximum atomic E-state index is 11.9. The van der Waals surface area contributed by atoms with E-state index >= 15 is 0 Å². The Morgan fingerprint density at radius 3 is 2.90 bits per heavy atom. The molecule has 0 spiro atoms. The lowest BCUT2D eigenvalue weighted by Gasteiger charge is -2.11. The number of aromatic nitrogens is 3. The van der Waals surface area contributed by atoms with Crippen LogP contribution in [0.25, 0.3) is 0 Å². The summed E-state index contributed by atoms with van der Waals surface area (Å²) in [6.45, 7) is 0. The van der Waals surface area contributed by atoms with Crippen molar-refractivity contribution in [3.05, 3.63) is 24.5 Å². The van der Waals surface area contributed by atoms with Crippen molar-refractivity contribution >= 4 is 23.4 Å². The molecule has 1 amide bonds. The molecular formula is C12H14N4O3S. The molecule has 0 fully saturated rings. The van der Waals surface area contributed by atoms with Gasteiger partial charge in [-0.05, 0) is 12.1 Å². The molecule has 1 aromatic heterocycles. The van der Waals surface area contributed by atoms with Crippen molar-refractivity contribution < 1.29 is 14.3 Å². The number of hydrogen-bond donors (Lipinski definition) is 2. The Morgan fingerprint density at radius 2 is 2.25 bits per heavy atom. The van der Waals surface area contributed by atoms with Crippen molar-refractivity contribution in [3.63, 3.8) is 0 Å². The summed E-state index contributed by atoms with van der Waals surface area (Å²) in [6, 6.07) is 5.20. The number of anilines is 1. The molecule has 0 radical (unpaired) electrons. The van der Waals surface area contributed by atoms with Gasteiger partial charge in [0.1, 0.15) is 17.8 Å². The molecule has 0 aliphatic carbocycles. The zero-order chi connectivity index (χ0) is 14.4. The first kappa shape index (κ1) is 14.2. The van der Waals surface area contributed by atoms with Gasteiger partial charge in [0.05, 0.1) is 25.7 Å². The molecule has 7 nitrogen and oxygen atoms in total. The van der Waals surface area contributed by atoms with Crippen LogP contribution in [0.1, 0.15) is 0 Å². The second-order valence-electron chi connectivity index (χ2n) is 3.69. The van der Waals surface area contributed by atoms with Crippen LogP contribution in [0.2, 0.25) is 0 Å². The highest BCUT2D eigenvalue weighted by molar-refractivity contribution is 7.99. The molecule has 1 aromatic carbocycles. The van der Waals surface area contributed by atoms with E-state index in [4.69, 9.17) is 9.47 Å². The fourth-order valence-corrected chi connectivity index (χ4v) is 2.07. The number of carbonyl (C=O) groups is 1. The minimum atomic E-state index is -0.169. The minimum Gasteiger partial charge on any atom is -0.497 e. The van der Waals surface area contributed by atoms with Gasteiger partial charge >= 0.3 is 0 Å². The Hall–Kier alpha value is -2.22. The predicted octanol–water partition coefficient (Wildman–Crippen LogP) is 1.55. The summed E-state index contributed by atoms with van der Waals surface area (Å²) in [5.74, 6) is 1.26. The van der Waals surface area contributed by atoms with Crippen molar-refractivity contribution in [1.82, 2.24) is 15.2 Å². The van der Waals surface area contributed by atoms with E-state index in [-0.39, 0.29) is 11.7 Å². The zero-order valence-electron chi connectivity index (χ0n) is 11.0. The summed E-state index contributed by atoms with van der Waals surface area (Å²) in [7, 11) is 3.11. The average Bonchev–Trinajstić information content (AvgIpc) is 2.98. The van der Waals surface area contributed by atoms with Crippen LogP contribution in [0, 0.1) is 0 Å². The van der Waals surface area contributed by atoms with E-state index < -0.39 is 0 Å². The third-order valence-electron chi connectivity index (χ3n) is 2.41. The lowest BCUT2D eigenvalue weighted by atomic mass is 10.2. The summed E-state index contributed by atoms with van der Waals surface area (Å²) >= 11 is 1.26. The average molecular weight is 294 g/mol. The van der Waals surface area contributed by atoms with Gasteiger partial charge in [-0.15, -0.1) is 0 Å². The van der Waals surface area contributed by atoms with Gasteiger partial charge in [-0.25, -0.2) is 4.98 Å². The lowest BCUT2D eigenvalue weighted by Crippen LogP contribution is -2.14. The van der Waals surface area contributed by atoms with Gasteiger partial charge < -0.3 is 14.8 Å². The van der Waals surface area contributed by atoms with Crippen molar-refractivity contribution in [2.24, 2.45) is 0 Å². The van der Waals surface area contributed by atoms with Gasteiger partial charge in [-0.3, -0.25) is 9.89 Å². The molecule has 8 heteroatoms. The molecule has 106 valence electrons. The third kappa shape index (κ3) is 3.64. The number of methoxy groups -OCH3 is 2. The highest BCUT2D eigenvalue weighted by atomic mass is 32.2. The van der Waals surface area contributed by atoms with E-state index in [0.717, 1.165) is 0 Å². The van der Waals surface area contributed by atoms with Gasteiger partial charge in [0.15, 0.2) is 5.16 Å². The van der Waals surface area contributed by atoms with Crippen molar-refractivity contribution in [1.29, 1.82) is 0 Å². The van der Waals surface area contributed by atoms with Gasteiger partial charge in [-0.2, -0.15) is 5.10 Å². The normalized spacial score (nSPS) is 10.1. The molecule has 2 rings (SSSR count). The second-order valence-corrected chi connectivity index (χ2v) is 4.66. The molecule has 2 aromatic rings. The number of ether oxygens (including phenoxy) is 2. The number of aromatic amines is 1. The molecule has 0 atom stereocenters. The van der Waals surface area contributed by atoms with E-state index in [2.05, 4.69) is 20.5 Å². The maximum absolute atomic E-state index is 11.9. The van der Waals surface area contributed by atoms with Crippen LogP contribution in [0.15, 0.2) is 29.7 Å². The van der Waals surface area contributed by atoms with Crippen LogP contribution in [-0.2, 0) is 4.79 Å². The van der Waals surface area contributed by atoms with Crippen molar-refractivity contribution in [3.8, 4) is 11.5 Å². The van der Waals surface area contributed by atoms with Crippen LogP contribution in [0.3, 0.4) is 0 Å². The maximum Gasteiger partial charge on any atom is 0.234 e. The van der Waals surface area contributed by atoms with Gasteiger partial charge in [0.25, 0.3) is 0 Å². The molecule has 2 N–H and O–H groups in total. The molecule has 0 bridgehead atoms. The van der Waals surface area contributed by atoms with E-state index in [1.807, 2.05) is 0 Å². The van der Waals surface area contributed by atoms with Crippen molar-refractivity contribution in [2.45, 2.75) is 5.16 Å². The van der Waals surface area contributed by atoms with Gasteiger partial charge in [-0.1, -0.05) is 11.8 Å². The van der Waals surface area contributed by atoms with Crippen LogP contribution in [0.5, 0.6) is 11.5 Å². The monoisotopic (exact) mass is 294 g/mol. The molecular weight excluding hydrogens is 280 g/mol. The number of nitrogens with zero attached hydrogens (tertiary/aromatic N) is 2. The van der Waals surface area contributed by atoms with E-state index in [0.29, 0.717) is 22.3 Å². The largest absolute Gasteiger partial charge is 0.497 e. The lowest BCUT2D eigenvalue weighted by molar-refractivity contribution is -0.113. The highest BCUT2D eigenvalue weighted by Gasteiger charge is 2.10. The number of thioether (sulfide) groups is 1. The number of hydrogen-bond acceptors (Lipinski definition) is 6. The summed E-state index contributed by atoms with van der Waals surface area (Å²) in [6.07, 6.45) is 1.39. The van der Waals surface area contributed by atoms with E-state index in [1.165, 1.54) is 18.1 Å². The number of carbonyl (C=O) groups excluding carboxylic acids is 1. The topological polar surface area (TPSA) is 89.1 Å². The summed E-state index contributed by atoms with van der Waals surface area (Å²) in [5.41, 5.74) is 0.565.